The van der Waals surface area contributed by atoms with E-state index in [1.807, 2.05) is 0 Å². The number of carbonyl (C=O) groups excluding carboxylic acids is 1. The van der Waals surface area contributed by atoms with Crippen LogP contribution >= 0.6 is 0 Å². The first-order chi connectivity index (χ1) is 14.8. The van der Waals surface area contributed by atoms with Crippen LogP contribution in [-0.4, -0.2) is 22.4 Å². The largest absolute Gasteiger partial charge is 0.496 e. The summed E-state index contributed by atoms with van der Waals surface area (Å²) in [7, 11) is 1.49. The van der Waals surface area contributed by atoms with Gasteiger partial charge in [0.05, 0.1) is 12.7 Å². The number of amides is 1. The van der Waals surface area contributed by atoms with Crippen LogP contribution in [0.15, 0.2) is 72.9 Å². The third-order valence-corrected chi connectivity index (χ3v) is 4.55. The zero-order valence-corrected chi connectivity index (χ0v) is 16.3. The summed E-state index contributed by atoms with van der Waals surface area (Å²) in [6.07, 6.45) is -3.58. The van der Waals surface area contributed by atoms with Crippen LogP contribution < -0.4 is 15.4 Å². The van der Waals surface area contributed by atoms with Gasteiger partial charge >= 0.3 is 6.18 Å². The second kappa shape index (κ2) is 8.02. The van der Waals surface area contributed by atoms with Gasteiger partial charge in [-0.05, 0) is 48.5 Å². The molecular weight excluding hydrogens is 409 g/mol. The fraction of sp³-hybridized carbons (Fsp3) is 0.0909. The summed E-state index contributed by atoms with van der Waals surface area (Å²) in [5.41, 5.74) is 0.806. The summed E-state index contributed by atoms with van der Waals surface area (Å²) < 4.78 is 45.4. The molecule has 2 heterocycles. The lowest BCUT2D eigenvalue weighted by Crippen LogP contribution is -2.13. The van der Waals surface area contributed by atoms with Gasteiger partial charge in [0.1, 0.15) is 17.2 Å². The summed E-state index contributed by atoms with van der Waals surface area (Å²) in [6, 6.07) is 18.4. The van der Waals surface area contributed by atoms with Gasteiger partial charge in [-0.15, -0.1) is 0 Å². The van der Waals surface area contributed by atoms with Gasteiger partial charge in [-0.3, -0.25) is 9.20 Å². The molecule has 0 aliphatic heterocycles. The van der Waals surface area contributed by atoms with Crippen LogP contribution in [0.4, 0.5) is 30.4 Å². The van der Waals surface area contributed by atoms with Crippen molar-refractivity contribution in [1.82, 2.24) is 9.38 Å². The van der Waals surface area contributed by atoms with Gasteiger partial charge in [-0.25, -0.2) is 4.98 Å². The molecule has 2 N–H and O–H groups in total. The third-order valence-electron chi connectivity index (χ3n) is 4.55. The molecule has 0 saturated carbocycles. The molecule has 9 heteroatoms. The zero-order valence-electron chi connectivity index (χ0n) is 16.3. The van der Waals surface area contributed by atoms with Crippen LogP contribution in [0.2, 0.25) is 0 Å². The Morgan fingerprint density at radius 1 is 0.968 bits per heavy atom. The molecule has 0 bridgehead atoms. The Hall–Kier alpha value is -4.01. The molecule has 2 aromatic heterocycles. The number of hydrogen-bond acceptors (Lipinski definition) is 4. The minimum Gasteiger partial charge on any atom is -0.496 e. The Labute approximate surface area is 175 Å². The lowest BCUT2D eigenvalue weighted by atomic mass is 10.2. The van der Waals surface area contributed by atoms with Crippen molar-refractivity contribution in [3.63, 3.8) is 0 Å². The molecule has 31 heavy (non-hydrogen) atoms. The number of pyridine rings is 1. The van der Waals surface area contributed by atoms with E-state index in [4.69, 9.17) is 4.74 Å². The van der Waals surface area contributed by atoms with Gasteiger partial charge in [-0.2, -0.15) is 13.2 Å². The smallest absolute Gasteiger partial charge is 0.434 e. The second-order valence-electron chi connectivity index (χ2n) is 6.62. The highest BCUT2D eigenvalue weighted by Gasteiger charge is 2.34. The van der Waals surface area contributed by atoms with Crippen molar-refractivity contribution in [2.24, 2.45) is 0 Å². The highest BCUT2D eigenvalue weighted by molar-refractivity contribution is 6.06. The van der Waals surface area contributed by atoms with E-state index in [-0.39, 0.29) is 11.6 Å². The highest BCUT2D eigenvalue weighted by atomic mass is 19.4. The van der Waals surface area contributed by atoms with E-state index in [0.29, 0.717) is 28.5 Å². The van der Waals surface area contributed by atoms with Gasteiger partial charge in [0.2, 0.25) is 0 Å². The Kier molecular flexibility index (Phi) is 5.24. The summed E-state index contributed by atoms with van der Waals surface area (Å²) in [5, 5.41) is 5.85. The Morgan fingerprint density at radius 2 is 1.68 bits per heavy atom. The maximum atomic E-state index is 13.0. The average Bonchev–Trinajstić information content (AvgIpc) is 3.21. The number of methoxy groups -OCH3 is 1. The predicted molar refractivity (Wildman–Crippen MR) is 111 cm³/mol. The van der Waals surface area contributed by atoms with Gasteiger partial charge in [0.25, 0.3) is 5.91 Å². The minimum absolute atomic E-state index is 0.179. The van der Waals surface area contributed by atoms with Crippen molar-refractivity contribution >= 4 is 28.7 Å². The molecule has 0 spiro atoms. The standard InChI is InChI=1S/C22H17F3N4O2/c1-31-17-6-3-2-5-16(17)21(30)27-15-11-9-14(10-12-15)26-19-7-4-8-20-28-18(13-29(19)20)22(23,24)25/h2-13,26H,1H3,(H,27,30). The molecular formula is C22H17F3N4O2. The van der Waals surface area contributed by atoms with Crippen LogP contribution in [0, 0.1) is 0 Å². The van der Waals surface area contributed by atoms with Gasteiger partial charge in [0.15, 0.2) is 5.69 Å². The number of rotatable bonds is 5. The van der Waals surface area contributed by atoms with Crippen molar-refractivity contribution in [2.75, 3.05) is 17.7 Å². The second-order valence-corrected chi connectivity index (χ2v) is 6.62. The fourth-order valence-corrected chi connectivity index (χ4v) is 3.06. The maximum absolute atomic E-state index is 13.0. The normalized spacial score (nSPS) is 11.4. The van der Waals surface area contributed by atoms with E-state index in [1.165, 1.54) is 17.6 Å². The number of benzene rings is 2. The van der Waals surface area contributed by atoms with E-state index in [2.05, 4.69) is 15.6 Å². The number of imidazole rings is 1. The first-order valence-electron chi connectivity index (χ1n) is 9.22. The number of carbonyl (C=O) groups is 1. The van der Waals surface area contributed by atoms with E-state index in [1.54, 1.807) is 60.7 Å². The van der Waals surface area contributed by atoms with Gasteiger partial charge in [0, 0.05) is 17.6 Å². The number of anilines is 3. The van der Waals surface area contributed by atoms with Crippen molar-refractivity contribution in [3.05, 3.63) is 84.2 Å². The van der Waals surface area contributed by atoms with E-state index in [9.17, 15) is 18.0 Å². The van der Waals surface area contributed by atoms with Crippen LogP contribution in [0.3, 0.4) is 0 Å². The molecule has 0 aliphatic carbocycles. The first-order valence-corrected chi connectivity index (χ1v) is 9.22. The fourth-order valence-electron chi connectivity index (χ4n) is 3.06. The molecule has 4 rings (SSSR count). The van der Waals surface area contributed by atoms with E-state index >= 15 is 0 Å². The molecule has 0 aliphatic rings. The van der Waals surface area contributed by atoms with Crippen LogP contribution in [0.25, 0.3) is 5.65 Å². The molecule has 0 radical (unpaired) electrons. The number of alkyl halides is 3. The molecule has 0 unspecified atom stereocenters. The summed E-state index contributed by atoms with van der Waals surface area (Å²) in [5.74, 6) is 0.567. The Bertz CT molecular complexity index is 1230. The van der Waals surface area contributed by atoms with Gasteiger partial charge in [-0.1, -0.05) is 18.2 Å². The Morgan fingerprint density at radius 3 is 2.39 bits per heavy atom. The number of hydrogen-bond donors (Lipinski definition) is 2. The Balaban J connectivity index is 1.52. The summed E-state index contributed by atoms with van der Waals surface area (Å²) in [4.78, 5) is 16.1. The molecule has 4 aromatic rings. The van der Waals surface area contributed by atoms with E-state index in [0.717, 1.165) is 6.20 Å². The first kappa shape index (κ1) is 20.3. The monoisotopic (exact) mass is 426 g/mol. The number of fused-ring (bicyclic) bond motifs is 1. The number of aromatic nitrogens is 2. The van der Waals surface area contributed by atoms with Gasteiger partial charge < -0.3 is 15.4 Å². The molecule has 6 nitrogen and oxygen atoms in total. The highest BCUT2D eigenvalue weighted by Crippen LogP contribution is 2.30. The average molecular weight is 426 g/mol. The number of ether oxygens (including phenoxy) is 1. The molecule has 158 valence electrons. The topological polar surface area (TPSA) is 67.7 Å². The molecule has 1 amide bonds. The molecule has 0 saturated heterocycles. The number of nitrogens with one attached hydrogen (secondary N) is 2. The third kappa shape index (κ3) is 4.30. The SMILES string of the molecule is COc1ccccc1C(=O)Nc1ccc(Nc2cccc3nc(C(F)(F)F)cn23)cc1. The number of halogens is 3. The van der Waals surface area contributed by atoms with Crippen molar-refractivity contribution in [3.8, 4) is 5.75 Å². The molecule has 2 aromatic carbocycles. The maximum Gasteiger partial charge on any atom is 0.434 e. The lowest BCUT2D eigenvalue weighted by Gasteiger charge is -2.11. The molecule has 0 fully saturated rings. The predicted octanol–water partition coefficient (Wildman–Crippen LogP) is 5.36. The van der Waals surface area contributed by atoms with Crippen molar-refractivity contribution < 1.29 is 22.7 Å². The van der Waals surface area contributed by atoms with Crippen LogP contribution in [-0.2, 0) is 6.18 Å². The van der Waals surface area contributed by atoms with Crippen molar-refractivity contribution in [1.29, 1.82) is 0 Å². The van der Waals surface area contributed by atoms with Crippen molar-refractivity contribution in [2.45, 2.75) is 6.18 Å². The lowest BCUT2D eigenvalue weighted by molar-refractivity contribution is -0.140. The number of para-hydroxylation sites is 1. The quantitative estimate of drug-likeness (QED) is 0.451. The summed E-state index contributed by atoms with van der Waals surface area (Å²) >= 11 is 0. The van der Waals surface area contributed by atoms with E-state index < -0.39 is 11.9 Å². The minimum atomic E-state index is -4.52. The molecule has 0 atom stereocenters. The van der Waals surface area contributed by atoms with Crippen LogP contribution in [0.5, 0.6) is 5.75 Å². The summed E-state index contributed by atoms with van der Waals surface area (Å²) in [6.45, 7) is 0. The van der Waals surface area contributed by atoms with Crippen LogP contribution in [0.1, 0.15) is 16.1 Å². The number of nitrogens with zero attached hydrogens (tertiary/aromatic N) is 2. The zero-order chi connectivity index (χ0) is 22.0.